The fourth-order valence-corrected chi connectivity index (χ4v) is 1.29. The Morgan fingerprint density at radius 3 is 2.47 bits per heavy atom. The standard InChI is InChI=1S/C12H11FN2/c1-9-3-2-4-12(14-9)15-11-7-5-10(13)6-8-11/h2-8H,1H3,(H,14,15). The van der Waals surface area contributed by atoms with Crippen molar-refractivity contribution in [1.82, 2.24) is 4.98 Å². The van der Waals surface area contributed by atoms with Gasteiger partial charge in [-0.05, 0) is 43.3 Å². The van der Waals surface area contributed by atoms with Crippen LogP contribution in [0.1, 0.15) is 5.69 Å². The van der Waals surface area contributed by atoms with E-state index in [1.165, 1.54) is 12.1 Å². The number of rotatable bonds is 2. The monoisotopic (exact) mass is 202 g/mol. The molecule has 0 bridgehead atoms. The number of nitrogens with zero attached hydrogens (tertiary/aromatic N) is 1. The topological polar surface area (TPSA) is 24.9 Å². The summed E-state index contributed by atoms with van der Waals surface area (Å²) >= 11 is 0. The molecule has 0 atom stereocenters. The van der Waals surface area contributed by atoms with E-state index in [1.54, 1.807) is 12.1 Å². The number of halogens is 1. The molecule has 0 saturated heterocycles. The van der Waals surface area contributed by atoms with Gasteiger partial charge in [0.1, 0.15) is 11.6 Å². The van der Waals surface area contributed by atoms with E-state index in [-0.39, 0.29) is 5.82 Å². The second kappa shape index (κ2) is 4.09. The lowest BCUT2D eigenvalue weighted by molar-refractivity contribution is 0.628. The quantitative estimate of drug-likeness (QED) is 0.808. The zero-order valence-electron chi connectivity index (χ0n) is 8.37. The molecule has 2 rings (SSSR count). The van der Waals surface area contributed by atoms with E-state index in [9.17, 15) is 4.39 Å². The second-order valence-electron chi connectivity index (χ2n) is 3.30. The highest BCUT2D eigenvalue weighted by Gasteiger charge is 1.96. The van der Waals surface area contributed by atoms with Gasteiger partial charge in [-0.15, -0.1) is 0 Å². The average Bonchev–Trinajstić information content (AvgIpc) is 2.22. The Balaban J connectivity index is 2.18. The van der Waals surface area contributed by atoms with Crippen LogP contribution in [-0.4, -0.2) is 4.98 Å². The molecule has 76 valence electrons. The van der Waals surface area contributed by atoms with E-state index >= 15 is 0 Å². The van der Waals surface area contributed by atoms with Crippen LogP contribution in [0, 0.1) is 12.7 Å². The van der Waals surface area contributed by atoms with Crippen molar-refractivity contribution in [2.75, 3.05) is 5.32 Å². The molecule has 0 amide bonds. The van der Waals surface area contributed by atoms with Gasteiger partial charge in [-0.25, -0.2) is 9.37 Å². The van der Waals surface area contributed by atoms with Crippen LogP contribution in [0.3, 0.4) is 0 Å². The molecule has 0 radical (unpaired) electrons. The lowest BCUT2D eigenvalue weighted by Gasteiger charge is -2.05. The zero-order valence-corrected chi connectivity index (χ0v) is 8.37. The first-order valence-electron chi connectivity index (χ1n) is 4.70. The lowest BCUT2D eigenvalue weighted by Crippen LogP contribution is -1.94. The first kappa shape index (κ1) is 9.65. The Labute approximate surface area is 87.8 Å². The zero-order chi connectivity index (χ0) is 10.7. The number of nitrogens with one attached hydrogen (secondary N) is 1. The van der Waals surface area contributed by atoms with E-state index in [4.69, 9.17) is 0 Å². The molecule has 3 heteroatoms. The first-order chi connectivity index (χ1) is 7.24. The van der Waals surface area contributed by atoms with Gasteiger partial charge < -0.3 is 5.32 Å². The highest BCUT2D eigenvalue weighted by atomic mass is 19.1. The van der Waals surface area contributed by atoms with E-state index in [0.29, 0.717) is 0 Å². The normalized spacial score (nSPS) is 10.0. The smallest absolute Gasteiger partial charge is 0.130 e. The summed E-state index contributed by atoms with van der Waals surface area (Å²) in [6.07, 6.45) is 0. The fraction of sp³-hybridized carbons (Fsp3) is 0.0833. The van der Waals surface area contributed by atoms with Crippen molar-refractivity contribution in [2.24, 2.45) is 0 Å². The molecular weight excluding hydrogens is 191 g/mol. The number of aromatic nitrogens is 1. The molecule has 0 aliphatic heterocycles. The molecule has 0 fully saturated rings. The molecule has 0 aliphatic carbocycles. The number of anilines is 2. The third-order valence-corrected chi connectivity index (χ3v) is 2.00. The van der Waals surface area contributed by atoms with Crippen LogP contribution in [0.2, 0.25) is 0 Å². The van der Waals surface area contributed by atoms with Crippen molar-refractivity contribution in [3.63, 3.8) is 0 Å². The number of hydrogen-bond donors (Lipinski definition) is 1. The molecule has 0 saturated carbocycles. The van der Waals surface area contributed by atoms with Crippen molar-refractivity contribution in [2.45, 2.75) is 6.92 Å². The Morgan fingerprint density at radius 2 is 1.80 bits per heavy atom. The Hall–Kier alpha value is -1.90. The maximum Gasteiger partial charge on any atom is 0.130 e. The van der Waals surface area contributed by atoms with Gasteiger partial charge in [0, 0.05) is 11.4 Å². The molecule has 1 aromatic carbocycles. The number of hydrogen-bond acceptors (Lipinski definition) is 2. The van der Waals surface area contributed by atoms with Crippen LogP contribution >= 0.6 is 0 Å². The molecule has 0 spiro atoms. The fourth-order valence-electron chi connectivity index (χ4n) is 1.29. The summed E-state index contributed by atoms with van der Waals surface area (Å²) in [4.78, 5) is 4.29. The molecule has 15 heavy (non-hydrogen) atoms. The van der Waals surface area contributed by atoms with E-state index in [0.717, 1.165) is 17.2 Å². The van der Waals surface area contributed by atoms with Crippen molar-refractivity contribution in [1.29, 1.82) is 0 Å². The van der Waals surface area contributed by atoms with Gasteiger partial charge in [-0.1, -0.05) is 6.07 Å². The summed E-state index contributed by atoms with van der Waals surface area (Å²) in [5.74, 6) is 0.527. The Bertz CT molecular complexity index is 451. The largest absolute Gasteiger partial charge is 0.340 e. The van der Waals surface area contributed by atoms with Gasteiger partial charge in [-0.2, -0.15) is 0 Å². The van der Waals surface area contributed by atoms with Gasteiger partial charge in [0.05, 0.1) is 0 Å². The summed E-state index contributed by atoms with van der Waals surface area (Å²) in [5.41, 5.74) is 1.77. The highest BCUT2D eigenvalue weighted by molar-refractivity contribution is 5.55. The molecule has 1 heterocycles. The SMILES string of the molecule is Cc1cccc(Nc2ccc(F)cc2)n1. The van der Waals surface area contributed by atoms with Gasteiger partial charge in [0.2, 0.25) is 0 Å². The van der Waals surface area contributed by atoms with Crippen molar-refractivity contribution in [3.8, 4) is 0 Å². The molecule has 0 aliphatic rings. The summed E-state index contributed by atoms with van der Waals surface area (Å²) in [7, 11) is 0. The molecule has 1 aromatic heterocycles. The lowest BCUT2D eigenvalue weighted by atomic mass is 10.3. The minimum absolute atomic E-state index is 0.238. The van der Waals surface area contributed by atoms with Crippen molar-refractivity contribution >= 4 is 11.5 Å². The molecular formula is C12H11FN2. The van der Waals surface area contributed by atoms with Crippen LogP contribution in [0.4, 0.5) is 15.9 Å². The van der Waals surface area contributed by atoms with Crippen LogP contribution in [0.25, 0.3) is 0 Å². The summed E-state index contributed by atoms with van der Waals surface area (Å²) in [6.45, 7) is 1.93. The second-order valence-corrected chi connectivity index (χ2v) is 3.30. The average molecular weight is 202 g/mol. The van der Waals surface area contributed by atoms with Crippen molar-refractivity contribution < 1.29 is 4.39 Å². The van der Waals surface area contributed by atoms with Gasteiger partial charge in [0.15, 0.2) is 0 Å². The summed E-state index contributed by atoms with van der Waals surface area (Å²) in [6, 6.07) is 11.9. The van der Waals surface area contributed by atoms with Gasteiger partial charge in [0.25, 0.3) is 0 Å². The van der Waals surface area contributed by atoms with Crippen LogP contribution < -0.4 is 5.32 Å². The first-order valence-corrected chi connectivity index (χ1v) is 4.70. The third kappa shape index (κ3) is 2.53. The minimum Gasteiger partial charge on any atom is -0.340 e. The van der Waals surface area contributed by atoms with E-state index < -0.39 is 0 Å². The van der Waals surface area contributed by atoms with Crippen LogP contribution in [-0.2, 0) is 0 Å². The van der Waals surface area contributed by atoms with Crippen molar-refractivity contribution in [3.05, 3.63) is 54.0 Å². The summed E-state index contributed by atoms with van der Waals surface area (Å²) < 4.78 is 12.6. The number of benzene rings is 1. The molecule has 2 nitrogen and oxygen atoms in total. The minimum atomic E-state index is -0.238. The highest BCUT2D eigenvalue weighted by Crippen LogP contribution is 2.14. The molecule has 2 aromatic rings. The van der Waals surface area contributed by atoms with E-state index in [1.807, 2.05) is 25.1 Å². The predicted octanol–water partition coefficient (Wildman–Crippen LogP) is 3.27. The summed E-state index contributed by atoms with van der Waals surface area (Å²) in [5, 5.41) is 3.09. The number of aryl methyl sites for hydroxylation is 1. The van der Waals surface area contributed by atoms with Crippen LogP contribution in [0.5, 0.6) is 0 Å². The maximum atomic E-state index is 12.6. The van der Waals surface area contributed by atoms with Gasteiger partial charge in [-0.3, -0.25) is 0 Å². The number of pyridine rings is 1. The van der Waals surface area contributed by atoms with Gasteiger partial charge >= 0.3 is 0 Å². The van der Waals surface area contributed by atoms with Crippen LogP contribution in [0.15, 0.2) is 42.5 Å². The Kier molecular flexibility index (Phi) is 2.63. The van der Waals surface area contributed by atoms with E-state index in [2.05, 4.69) is 10.3 Å². The maximum absolute atomic E-state index is 12.6. The Morgan fingerprint density at radius 1 is 1.07 bits per heavy atom. The molecule has 1 N–H and O–H groups in total. The molecule has 0 unspecified atom stereocenters. The third-order valence-electron chi connectivity index (χ3n) is 2.00. The predicted molar refractivity (Wildman–Crippen MR) is 58.7 cm³/mol.